The van der Waals surface area contributed by atoms with E-state index in [1.807, 2.05) is 42.8 Å². The van der Waals surface area contributed by atoms with Crippen molar-refractivity contribution in [1.29, 1.82) is 0 Å². The fourth-order valence-electron chi connectivity index (χ4n) is 3.38. The highest BCUT2D eigenvalue weighted by molar-refractivity contribution is 7.15. The Morgan fingerprint density at radius 1 is 1.27 bits per heavy atom. The van der Waals surface area contributed by atoms with Gasteiger partial charge in [0.2, 0.25) is 0 Å². The number of carbonyl (C=O) groups is 2. The summed E-state index contributed by atoms with van der Waals surface area (Å²) in [5.41, 5.74) is 2.61. The number of nitrogens with zero attached hydrogens (tertiary/aromatic N) is 1. The molecule has 0 aliphatic heterocycles. The van der Waals surface area contributed by atoms with E-state index in [-0.39, 0.29) is 31.0 Å². The van der Waals surface area contributed by atoms with Gasteiger partial charge in [-0.25, -0.2) is 4.79 Å². The van der Waals surface area contributed by atoms with E-state index in [9.17, 15) is 9.59 Å². The van der Waals surface area contributed by atoms with Gasteiger partial charge in [-0.15, -0.1) is 11.3 Å². The molecule has 0 saturated carbocycles. The van der Waals surface area contributed by atoms with E-state index in [4.69, 9.17) is 0 Å². The first-order valence-corrected chi connectivity index (χ1v) is 9.80. The van der Waals surface area contributed by atoms with Gasteiger partial charge in [-0.2, -0.15) is 0 Å². The zero-order chi connectivity index (χ0) is 18.5. The van der Waals surface area contributed by atoms with Crippen molar-refractivity contribution >= 4 is 23.3 Å². The molecule has 0 fully saturated rings. The first-order valence-electron chi connectivity index (χ1n) is 8.99. The molecule has 2 aromatic heterocycles. The molecule has 1 aliphatic carbocycles. The topological polar surface area (TPSA) is 72.4 Å². The van der Waals surface area contributed by atoms with E-state index >= 15 is 0 Å². The van der Waals surface area contributed by atoms with Crippen LogP contribution in [-0.4, -0.2) is 30.2 Å². The number of hydrogen-bond acceptors (Lipinski definition) is 4. The predicted octanol–water partition coefficient (Wildman–Crippen LogP) is 3.34. The Bertz CT molecular complexity index is 767. The first kappa shape index (κ1) is 18.5. The monoisotopic (exact) mass is 375 g/mol. The zero-order valence-corrected chi connectivity index (χ0v) is 16.0. The molecule has 6 nitrogen and oxygen atoms in total. The average Bonchev–Trinajstić information content (AvgIpc) is 3.28. The standard InChI is InChI=1S/C19H25N3O3S/c1-13(21-19(24)20-10-9-16(23)25-2)17-14-7-3-4-8-15(14)26-18(17)22-11-5-6-12-22/h5-6,11-13H,3-4,7-10H2,1-2H3,(H2,20,21,24)/t13-/m0/s1. The van der Waals surface area contributed by atoms with Crippen molar-refractivity contribution in [3.8, 4) is 5.00 Å². The van der Waals surface area contributed by atoms with Crippen molar-refractivity contribution in [3.63, 3.8) is 0 Å². The largest absolute Gasteiger partial charge is 0.469 e. The van der Waals surface area contributed by atoms with E-state index in [1.165, 1.54) is 41.0 Å². The zero-order valence-electron chi connectivity index (χ0n) is 15.2. The molecule has 2 heterocycles. The molecule has 2 amide bonds. The van der Waals surface area contributed by atoms with E-state index in [0.29, 0.717) is 0 Å². The Morgan fingerprint density at radius 3 is 2.73 bits per heavy atom. The maximum Gasteiger partial charge on any atom is 0.315 e. The Morgan fingerprint density at radius 2 is 2.00 bits per heavy atom. The lowest BCUT2D eigenvalue weighted by atomic mass is 9.93. The van der Waals surface area contributed by atoms with Crippen LogP contribution in [0.4, 0.5) is 4.79 Å². The molecule has 26 heavy (non-hydrogen) atoms. The van der Waals surface area contributed by atoms with Gasteiger partial charge in [0, 0.05) is 29.4 Å². The number of ether oxygens (including phenoxy) is 1. The van der Waals surface area contributed by atoms with Crippen LogP contribution >= 0.6 is 11.3 Å². The predicted molar refractivity (Wildman–Crippen MR) is 102 cm³/mol. The van der Waals surface area contributed by atoms with Crippen LogP contribution in [0, 0.1) is 0 Å². The second kappa shape index (κ2) is 8.40. The molecule has 140 valence electrons. The summed E-state index contributed by atoms with van der Waals surface area (Å²) < 4.78 is 6.71. The summed E-state index contributed by atoms with van der Waals surface area (Å²) in [5.74, 6) is -0.333. The van der Waals surface area contributed by atoms with Crippen molar-refractivity contribution in [2.75, 3.05) is 13.7 Å². The highest BCUT2D eigenvalue weighted by Gasteiger charge is 2.25. The summed E-state index contributed by atoms with van der Waals surface area (Å²) in [6.07, 6.45) is 8.87. The summed E-state index contributed by atoms with van der Waals surface area (Å²) >= 11 is 1.83. The molecule has 0 unspecified atom stereocenters. The Hall–Kier alpha value is -2.28. The number of fused-ring (bicyclic) bond motifs is 1. The number of nitrogens with one attached hydrogen (secondary N) is 2. The summed E-state index contributed by atoms with van der Waals surface area (Å²) in [5, 5.41) is 6.92. The third-order valence-electron chi connectivity index (χ3n) is 4.65. The van der Waals surface area contributed by atoms with Crippen LogP contribution in [-0.2, 0) is 22.4 Å². The maximum absolute atomic E-state index is 12.2. The Labute approximate surface area is 157 Å². The fourth-order valence-corrected chi connectivity index (χ4v) is 4.84. The van der Waals surface area contributed by atoms with Crippen LogP contribution in [0.25, 0.3) is 5.00 Å². The van der Waals surface area contributed by atoms with Gasteiger partial charge in [-0.05, 0) is 50.3 Å². The molecular weight excluding hydrogens is 350 g/mol. The maximum atomic E-state index is 12.2. The van der Waals surface area contributed by atoms with Crippen LogP contribution < -0.4 is 10.6 Å². The summed E-state index contributed by atoms with van der Waals surface area (Å²) in [4.78, 5) is 24.8. The van der Waals surface area contributed by atoms with Crippen LogP contribution in [0.1, 0.15) is 48.2 Å². The molecule has 0 aromatic carbocycles. The van der Waals surface area contributed by atoms with Crippen molar-refractivity contribution in [2.45, 2.75) is 45.1 Å². The second-order valence-electron chi connectivity index (χ2n) is 6.47. The molecule has 0 radical (unpaired) electrons. The minimum absolute atomic E-state index is 0.108. The Balaban J connectivity index is 1.74. The third-order valence-corrected chi connectivity index (χ3v) is 5.98. The lowest BCUT2D eigenvalue weighted by Crippen LogP contribution is -2.38. The van der Waals surface area contributed by atoms with Crippen molar-refractivity contribution in [2.24, 2.45) is 0 Å². The molecular formula is C19H25N3O3S. The first-order chi connectivity index (χ1) is 12.6. The SMILES string of the molecule is COC(=O)CCNC(=O)N[C@@H](C)c1c(-n2cccc2)sc2c1CCCC2. The van der Waals surface area contributed by atoms with Gasteiger partial charge in [0.15, 0.2) is 0 Å². The van der Waals surface area contributed by atoms with Gasteiger partial charge >= 0.3 is 12.0 Å². The van der Waals surface area contributed by atoms with Crippen LogP contribution in [0.2, 0.25) is 0 Å². The van der Waals surface area contributed by atoms with E-state index < -0.39 is 0 Å². The molecule has 1 aliphatic rings. The number of urea groups is 1. The molecule has 0 spiro atoms. The van der Waals surface area contributed by atoms with Gasteiger partial charge < -0.3 is 19.9 Å². The minimum Gasteiger partial charge on any atom is -0.469 e. The van der Waals surface area contributed by atoms with Gasteiger partial charge in [0.1, 0.15) is 5.00 Å². The molecule has 3 rings (SSSR count). The van der Waals surface area contributed by atoms with E-state index in [2.05, 4.69) is 19.9 Å². The van der Waals surface area contributed by atoms with Gasteiger partial charge in [-0.1, -0.05) is 0 Å². The summed E-state index contributed by atoms with van der Waals surface area (Å²) in [6, 6.07) is 3.65. The molecule has 7 heteroatoms. The normalized spacial score (nSPS) is 14.4. The number of amides is 2. The highest BCUT2D eigenvalue weighted by Crippen LogP contribution is 2.40. The molecule has 2 N–H and O–H groups in total. The van der Waals surface area contributed by atoms with Gasteiger partial charge in [0.05, 0.1) is 19.6 Å². The number of aryl methyl sites for hydroxylation is 1. The quantitative estimate of drug-likeness (QED) is 0.761. The van der Waals surface area contributed by atoms with Crippen molar-refractivity contribution in [3.05, 3.63) is 40.5 Å². The van der Waals surface area contributed by atoms with Crippen molar-refractivity contribution < 1.29 is 14.3 Å². The van der Waals surface area contributed by atoms with Gasteiger partial charge in [0.25, 0.3) is 0 Å². The number of thiophene rings is 1. The van der Waals surface area contributed by atoms with Crippen LogP contribution in [0.15, 0.2) is 24.5 Å². The molecule has 1 atom stereocenters. The lowest BCUT2D eigenvalue weighted by molar-refractivity contribution is -0.140. The number of hydrogen-bond donors (Lipinski definition) is 2. The number of aromatic nitrogens is 1. The summed E-state index contributed by atoms with van der Waals surface area (Å²) in [7, 11) is 1.34. The highest BCUT2D eigenvalue weighted by atomic mass is 32.1. The molecule has 0 saturated heterocycles. The number of esters is 1. The third kappa shape index (κ3) is 4.09. The summed E-state index contributed by atoms with van der Waals surface area (Å²) in [6.45, 7) is 2.28. The van der Waals surface area contributed by atoms with Crippen LogP contribution in [0.3, 0.4) is 0 Å². The number of methoxy groups -OCH3 is 1. The fraction of sp³-hybridized carbons (Fsp3) is 0.474. The lowest BCUT2D eigenvalue weighted by Gasteiger charge is -2.20. The molecule has 0 bridgehead atoms. The van der Waals surface area contributed by atoms with Crippen molar-refractivity contribution in [1.82, 2.24) is 15.2 Å². The molecule has 2 aromatic rings. The smallest absolute Gasteiger partial charge is 0.315 e. The van der Waals surface area contributed by atoms with E-state index in [1.54, 1.807) is 0 Å². The second-order valence-corrected chi connectivity index (χ2v) is 7.55. The van der Waals surface area contributed by atoms with E-state index in [0.717, 1.165) is 12.8 Å². The minimum atomic E-state index is -0.333. The number of carbonyl (C=O) groups excluding carboxylic acids is 2. The average molecular weight is 375 g/mol. The van der Waals surface area contributed by atoms with Crippen LogP contribution in [0.5, 0.6) is 0 Å². The number of rotatable bonds is 6. The Kier molecular flexibility index (Phi) is 5.98. The van der Waals surface area contributed by atoms with Gasteiger partial charge in [-0.3, -0.25) is 4.79 Å².